The van der Waals surface area contributed by atoms with Crippen LogP contribution >= 0.6 is 0 Å². The zero-order valence-corrected chi connectivity index (χ0v) is 8.92. The average Bonchev–Trinajstić information content (AvgIpc) is 2.13. The minimum Gasteiger partial charge on any atom is -0.370 e. The van der Waals surface area contributed by atoms with Crippen LogP contribution in [0.1, 0.15) is 12.8 Å². The highest BCUT2D eigenvalue weighted by molar-refractivity contribution is 5.88. The quantitative estimate of drug-likeness (QED) is 0.345. The summed E-state index contributed by atoms with van der Waals surface area (Å²) in [6.45, 7) is 0. The summed E-state index contributed by atoms with van der Waals surface area (Å²) in [7, 11) is 0. The normalized spacial score (nSPS) is 13.6. The number of rotatable bonds is 8. The Bertz CT molecular complexity index is 311. The predicted octanol–water partition coefficient (Wildman–Crippen LogP) is -3.54. The van der Waals surface area contributed by atoms with Gasteiger partial charge >= 0.3 is 0 Å². The lowest BCUT2D eigenvalue weighted by Gasteiger charge is -2.18. The lowest BCUT2D eigenvalue weighted by molar-refractivity contribution is -0.148. The molecule has 0 aromatic rings. The van der Waals surface area contributed by atoms with Crippen LogP contribution in [0.4, 0.5) is 0 Å². The van der Waals surface area contributed by atoms with E-state index in [0.29, 0.717) is 0 Å². The molecule has 9 heteroatoms. The van der Waals surface area contributed by atoms with Crippen LogP contribution in [-0.4, -0.2) is 35.8 Å². The maximum Gasteiger partial charge on any atom is 0.247 e. The number of nitrogens with two attached hydrogens (primary N) is 4. The van der Waals surface area contributed by atoms with Crippen LogP contribution in [-0.2, 0) is 23.9 Å². The van der Waals surface area contributed by atoms with E-state index in [0.717, 1.165) is 0 Å². The van der Waals surface area contributed by atoms with E-state index in [2.05, 4.69) is 0 Å². The molecule has 4 amide bonds. The minimum absolute atomic E-state index is 0.516. The first-order chi connectivity index (χ1) is 7.73. The van der Waals surface area contributed by atoms with Crippen molar-refractivity contribution in [3.63, 3.8) is 0 Å². The fourth-order valence-corrected chi connectivity index (χ4v) is 0.995. The van der Waals surface area contributed by atoms with Gasteiger partial charge in [-0.25, -0.2) is 0 Å². The van der Waals surface area contributed by atoms with E-state index in [-0.39, 0.29) is 0 Å². The van der Waals surface area contributed by atoms with Gasteiger partial charge in [-0.1, -0.05) is 0 Å². The van der Waals surface area contributed by atoms with Gasteiger partial charge in [0.15, 0.2) is 0 Å². The van der Waals surface area contributed by atoms with E-state index in [1.807, 2.05) is 0 Å². The molecule has 0 aromatic heterocycles. The van der Waals surface area contributed by atoms with Crippen molar-refractivity contribution in [1.82, 2.24) is 0 Å². The van der Waals surface area contributed by atoms with Crippen molar-refractivity contribution in [2.24, 2.45) is 22.9 Å². The van der Waals surface area contributed by atoms with E-state index >= 15 is 0 Å². The second-order valence-corrected chi connectivity index (χ2v) is 3.26. The van der Waals surface area contributed by atoms with Gasteiger partial charge in [0, 0.05) is 0 Å². The first-order valence-electron chi connectivity index (χ1n) is 4.54. The van der Waals surface area contributed by atoms with Crippen molar-refractivity contribution in [2.75, 3.05) is 0 Å². The molecule has 0 fully saturated rings. The predicted molar refractivity (Wildman–Crippen MR) is 54.7 cm³/mol. The smallest absolute Gasteiger partial charge is 0.247 e. The summed E-state index contributed by atoms with van der Waals surface area (Å²) in [4.78, 5) is 43.0. The molecule has 2 atom stereocenters. The minimum atomic E-state index is -1.43. The number of carbonyl (C=O) groups is 4. The number of hydrogen-bond acceptors (Lipinski definition) is 5. The Morgan fingerprint density at radius 3 is 1.24 bits per heavy atom. The van der Waals surface area contributed by atoms with Crippen LogP contribution in [0.2, 0.25) is 0 Å². The van der Waals surface area contributed by atoms with Crippen molar-refractivity contribution >= 4 is 23.6 Å². The Morgan fingerprint density at radius 1 is 0.765 bits per heavy atom. The van der Waals surface area contributed by atoms with Gasteiger partial charge in [0.05, 0.1) is 12.8 Å². The van der Waals surface area contributed by atoms with Crippen molar-refractivity contribution in [1.29, 1.82) is 0 Å². The summed E-state index contributed by atoms with van der Waals surface area (Å²) in [5.74, 6) is -3.70. The maximum absolute atomic E-state index is 10.9. The second kappa shape index (κ2) is 6.43. The first kappa shape index (κ1) is 14.8. The summed E-state index contributed by atoms with van der Waals surface area (Å²) in [6.07, 6.45) is -3.89. The molecule has 0 aliphatic heterocycles. The maximum atomic E-state index is 10.9. The van der Waals surface area contributed by atoms with Crippen LogP contribution in [0.3, 0.4) is 0 Å². The molecular formula is C8H14N4O5. The summed E-state index contributed by atoms with van der Waals surface area (Å²) >= 11 is 0. The summed E-state index contributed by atoms with van der Waals surface area (Å²) in [5, 5.41) is 0. The molecule has 0 rings (SSSR count). The number of primary amides is 4. The van der Waals surface area contributed by atoms with Crippen molar-refractivity contribution in [2.45, 2.75) is 25.0 Å². The zero-order chi connectivity index (χ0) is 13.6. The van der Waals surface area contributed by atoms with Gasteiger partial charge in [0.2, 0.25) is 23.6 Å². The van der Waals surface area contributed by atoms with Crippen LogP contribution in [0.5, 0.6) is 0 Å². The van der Waals surface area contributed by atoms with E-state index < -0.39 is 48.7 Å². The van der Waals surface area contributed by atoms with Crippen LogP contribution in [0, 0.1) is 0 Å². The summed E-state index contributed by atoms with van der Waals surface area (Å²) in [6, 6.07) is 0. The molecule has 0 saturated carbocycles. The molecular weight excluding hydrogens is 232 g/mol. The van der Waals surface area contributed by atoms with E-state index in [1.54, 1.807) is 0 Å². The van der Waals surface area contributed by atoms with Gasteiger partial charge in [-0.15, -0.1) is 0 Å². The molecule has 2 unspecified atom stereocenters. The highest BCUT2D eigenvalue weighted by Gasteiger charge is 2.27. The Balaban J connectivity index is 4.67. The molecule has 8 N–H and O–H groups in total. The van der Waals surface area contributed by atoms with Crippen LogP contribution in [0.15, 0.2) is 0 Å². The molecule has 0 aliphatic carbocycles. The highest BCUT2D eigenvalue weighted by Crippen LogP contribution is 2.06. The Labute approximate surface area is 96.4 Å². The molecule has 96 valence electrons. The topological polar surface area (TPSA) is 182 Å². The standard InChI is InChI=1S/C8H14N4O5/c9-5(13)1-3(7(11)15)17-4(8(12)16)2-6(10)14/h3-4H,1-2H2,(H2,9,13)(H2,10,14)(H2,11,15)(H2,12,16). The molecule has 0 aromatic carbocycles. The number of amides is 4. The Hall–Kier alpha value is -2.16. The summed E-state index contributed by atoms with van der Waals surface area (Å²) in [5.41, 5.74) is 19.5. The molecule has 0 radical (unpaired) electrons. The van der Waals surface area contributed by atoms with Crippen molar-refractivity contribution in [3.8, 4) is 0 Å². The SMILES string of the molecule is NC(=O)CC(OC(CC(N)=O)C(N)=O)C(N)=O. The third-order valence-corrected chi connectivity index (χ3v) is 1.74. The Morgan fingerprint density at radius 2 is 1.06 bits per heavy atom. The van der Waals surface area contributed by atoms with Crippen molar-refractivity contribution in [3.05, 3.63) is 0 Å². The average molecular weight is 246 g/mol. The fraction of sp³-hybridized carbons (Fsp3) is 0.500. The molecule has 0 bridgehead atoms. The van der Waals surface area contributed by atoms with Gasteiger partial charge in [-0.3, -0.25) is 19.2 Å². The van der Waals surface area contributed by atoms with Gasteiger partial charge in [-0.2, -0.15) is 0 Å². The molecule has 17 heavy (non-hydrogen) atoms. The largest absolute Gasteiger partial charge is 0.370 e. The lowest BCUT2D eigenvalue weighted by Crippen LogP contribution is -2.43. The monoisotopic (exact) mass is 246 g/mol. The van der Waals surface area contributed by atoms with Gasteiger partial charge in [0.1, 0.15) is 12.2 Å². The van der Waals surface area contributed by atoms with Crippen LogP contribution < -0.4 is 22.9 Å². The van der Waals surface area contributed by atoms with E-state index in [9.17, 15) is 19.2 Å². The zero-order valence-electron chi connectivity index (χ0n) is 8.92. The number of hydrogen-bond donors (Lipinski definition) is 4. The lowest BCUT2D eigenvalue weighted by atomic mass is 10.2. The van der Waals surface area contributed by atoms with E-state index in [1.165, 1.54) is 0 Å². The first-order valence-corrected chi connectivity index (χ1v) is 4.54. The fourth-order valence-electron chi connectivity index (χ4n) is 0.995. The Kier molecular flexibility index (Phi) is 5.61. The third kappa shape index (κ3) is 6.10. The highest BCUT2D eigenvalue weighted by atomic mass is 16.5. The molecule has 0 saturated heterocycles. The number of ether oxygens (including phenoxy) is 1. The third-order valence-electron chi connectivity index (χ3n) is 1.74. The van der Waals surface area contributed by atoms with Crippen molar-refractivity contribution < 1.29 is 23.9 Å². The summed E-state index contributed by atoms with van der Waals surface area (Å²) < 4.78 is 4.84. The number of carbonyl (C=O) groups excluding carboxylic acids is 4. The molecule has 0 aliphatic rings. The van der Waals surface area contributed by atoms with Gasteiger partial charge < -0.3 is 27.7 Å². The van der Waals surface area contributed by atoms with Crippen LogP contribution in [0.25, 0.3) is 0 Å². The molecule has 0 spiro atoms. The van der Waals surface area contributed by atoms with Gasteiger partial charge in [0.25, 0.3) is 0 Å². The second-order valence-electron chi connectivity index (χ2n) is 3.26. The van der Waals surface area contributed by atoms with Gasteiger partial charge in [-0.05, 0) is 0 Å². The van der Waals surface area contributed by atoms with E-state index in [4.69, 9.17) is 27.7 Å². The molecule has 0 heterocycles. The molecule has 9 nitrogen and oxygen atoms in total.